The summed E-state index contributed by atoms with van der Waals surface area (Å²) in [5.74, 6) is 1.23. The summed E-state index contributed by atoms with van der Waals surface area (Å²) >= 11 is 0. The maximum atomic E-state index is 10.6. The summed E-state index contributed by atoms with van der Waals surface area (Å²) in [5.41, 5.74) is 4.01. The van der Waals surface area contributed by atoms with Gasteiger partial charge in [0.2, 0.25) is 0 Å². The van der Waals surface area contributed by atoms with Crippen LogP contribution in [0.3, 0.4) is 0 Å². The first-order valence-electron chi connectivity index (χ1n) is 13.6. The summed E-state index contributed by atoms with van der Waals surface area (Å²) in [6, 6.07) is 8.34. The Labute approximate surface area is 201 Å². The lowest BCUT2D eigenvalue weighted by Crippen LogP contribution is -2.30. The number of rotatable bonds is 11. The van der Waals surface area contributed by atoms with E-state index < -0.39 is 6.10 Å². The molecular weight excluding hydrogens is 406 g/mol. The first-order chi connectivity index (χ1) is 16.1. The minimum atomic E-state index is -0.489. The molecule has 33 heavy (non-hydrogen) atoms. The standard InChI is InChI=1S/C30H45NO2/c1-23-10-9-12-24(18-23)20-27(32)13-14-28-29-21-25(19-26(29)22-30(28)33)11-5-2-3-6-15-31-16-7-4-8-17-31/h9-10,12-14,18-19,26-30,32-33H,2-8,11,15-17,20-22H2,1H3/t26-,27+,28+,29-,30+/m0/s1. The molecule has 0 unspecified atom stereocenters. The van der Waals surface area contributed by atoms with Crippen molar-refractivity contribution in [2.75, 3.05) is 19.6 Å². The number of benzene rings is 1. The van der Waals surface area contributed by atoms with E-state index in [9.17, 15) is 10.2 Å². The molecule has 5 atom stereocenters. The van der Waals surface area contributed by atoms with Crippen LogP contribution in [-0.4, -0.2) is 47.0 Å². The van der Waals surface area contributed by atoms with Gasteiger partial charge in [0, 0.05) is 12.3 Å². The van der Waals surface area contributed by atoms with E-state index in [0.29, 0.717) is 18.3 Å². The van der Waals surface area contributed by atoms with Gasteiger partial charge in [-0.05, 0) is 88.9 Å². The van der Waals surface area contributed by atoms with Crippen LogP contribution in [0.15, 0.2) is 48.1 Å². The molecule has 0 aromatic heterocycles. The SMILES string of the molecule is Cc1cccc(C[C@H](O)C=C[C@@H]2[C@H]3CC(CCCCCCN4CCCCC4)=C[C@H]3C[C@H]2O)c1. The van der Waals surface area contributed by atoms with Crippen LogP contribution in [0.5, 0.6) is 0 Å². The summed E-state index contributed by atoms with van der Waals surface area (Å²) in [6.45, 7) is 6.02. The molecule has 1 aromatic carbocycles. The molecule has 1 aromatic rings. The number of piperidine rings is 1. The smallest absolute Gasteiger partial charge is 0.0761 e. The highest BCUT2D eigenvalue weighted by Crippen LogP contribution is 2.48. The molecular formula is C30H45NO2. The van der Waals surface area contributed by atoms with Gasteiger partial charge in [0.05, 0.1) is 12.2 Å². The van der Waals surface area contributed by atoms with Crippen LogP contribution in [0.4, 0.5) is 0 Å². The van der Waals surface area contributed by atoms with Crippen molar-refractivity contribution in [3.05, 3.63) is 59.2 Å². The molecule has 1 saturated heterocycles. The van der Waals surface area contributed by atoms with E-state index in [2.05, 4.69) is 42.2 Å². The molecule has 0 radical (unpaired) electrons. The average Bonchev–Trinajstić information content (AvgIpc) is 3.31. The number of hydrogen-bond donors (Lipinski definition) is 2. The van der Waals surface area contributed by atoms with E-state index in [0.717, 1.165) is 18.4 Å². The second-order valence-electron chi connectivity index (χ2n) is 10.9. The van der Waals surface area contributed by atoms with Crippen LogP contribution in [0, 0.1) is 24.7 Å². The fourth-order valence-corrected chi connectivity index (χ4v) is 6.42. The largest absolute Gasteiger partial charge is 0.392 e. The van der Waals surface area contributed by atoms with Crippen LogP contribution in [0.1, 0.15) is 75.3 Å². The van der Waals surface area contributed by atoms with E-state index in [1.807, 2.05) is 12.1 Å². The number of nitrogens with zero attached hydrogens (tertiary/aromatic N) is 1. The van der Waals surface area contributed by atoms with E-state index in [1.54, 1.807) is 5.57 Å². The van der Waals surface area contributed by atoms with E-state index >= 15 is 0 Å². The number of likely N-dealkylation sites (tertiary alicyclic amines) is 1. The van der Waals surface area contributed by atoms with Crippen LogP contribution in [0.2, 0.25) is 0 Å². The quantitative estimate of drug-likeness (QED) is 0.328. The van der Waals surface area contributed by atoms with Gasteiger partial charge in [0.1, 0.15) is 0 Å². The monoisotopic (exact) mass is 451 g/mol. The fourth-order valence-electron chi connectivity index (χ4n) is 6.42. The van der Waals surface area contributed by atoms with E-state index in [1.165, 1.54) is 76.6 Å². The molecule has 0 bridgehead atoms. The van der Waals surface area contributed by atoms with Crippen molar-refractivity contribution in [3.63, 3.8) is 0 Å². The molecule has 3 heteroatoms. The predicted octanol–water partition coefficient (Wildman–Crippen LogP) is 5.83. The Morgan fingerprint density at radius 1 is 1.09 bits per heavy atom. The summed E-state index contributed by atoms with van der Waals surface area (Å²) in [5, 5.41) is 21.2. The summed E-state index contributed by atoms with van der Waals surface area (Å²) in [6.07, 6.45) is 19.3. The van der Waals surface area contributed by atoms with Crippen molar-refractivity contribution in [1.82, 2.24) is 4.90 Å². The second kappa shape index (κ2) is 12.3. The number of aryl methyl sites for hydroxylation is 1. The van der Waals surface area contributed by atoms with E-state index in [-0.39, 0.29) is 12.0 Å². The van der Waals surface area contributed by atoms with Gasteiger partial charge in [0.25, 0.3) is 0 Å². The van der Waals surface area contributed by atoms with Crippen molar-refractivity contribution in [3.8, 4) is 0 Å². The lowest BCUT2D eigenvalue weighted by atomic mass is 9.88. The van der Waals surface area contributed by atoms with Gasteiger partial charge in [-0.3, -0.25) is 0 Å². The van der Waals surface area contributed by atoms with Crippen LogP contribution in [-0.2, 0) is 6.42 Å². The van der Waals surface area contributed by atoms with Gasteiger partial charge in [-0.25, -0.2) is 0 Å². The molecule has 2 aliphatic carbocycles. The lowest BCUT2D eigenvalue weighted by molar-refractivity contribution is 0.140. The molecule has 0 spiro atoms. The molecule has 4 rings (SSSR count). The molecule has 0 amide bonds. The Bertz CT molecular complexity index is 794. The average molecular weight is 452 g/mol. The highest BCUT2D eigenvalue weighted by molar-refractivity contribution is 5.24. The Hall–Kier alpha value is -1.42. The van der Waals surface area contributed by atoms with Gasteiger partial charge in [0.15, 0.2) is 0 Å². The zero-order valence-electron chi connectivity index (χ0n) is 20.7. The molecule has 2 N–H and O–H groups in total. The molecule has 1 saturated carbocycles. The first kappa shape index (κ1) is 24.7. The first-order valence-corrected chi connectivity index (χ1v) is 13.6. The van der Waals surface area contributed by atoms with Gasteiger partial charge in [-0.2, -0.15) is 0 Å². The second-order valence-corrected chi connectivity index (χ2v) is 10.9. The fraction of sp³-hybridized carbons (Fsp3) is 0.667. The van der Waals surface area contributed by atoms with Crippen molar-refractivity contribution in [2.45, 2.75) is 89.8 Å². The number of unbranched alkanes of at least 4 members (excludes halogenated alkanes) is 3. The minimum Gasteiger partial charge on any atom is -0.392 e. The van der Waals surface area contributed by atoms with Gasteiger partial charge in [-0.1, -0.05) is 72.9 Å². The number of aliphatic hydroxyl groups excluding tert-OH is 2. The Balaban J connectivity index is 1.16. The van der Waals surface area contributed by atoms with Gasteiger partial charge < -0.3 is 15.1 Å². The Morgan fingerprint density at radius 2 is 1.91 bits per heavy atom. The van der Waals surface area contributed by atoms with Crippen molar-refractivity contribution >= 4 is 0 Å². The number of aliphatic hydroxyl groups is 2. The molecule has 3 nitrogen and oxygen atoms in total. The third-order valence-electron chi connectivity index (χ3n) is 8.20. The molecule has 1 aliphatic heterocycles. The van der Waals surface area contributed by atoms with E-state index in [4.69, 9.17) is 0 Å². The minimum absolute atomic E-state index is 0.181. The van der Waals surface area contributed by atoms with Crippen LogP contribution < -0.4 is 0 Å². The van der Waals surface area contributed by atoms with Crippen LogP contribution in [0.25, 0.3) is 0 Å². The molecule has 1 heterocycles. The Kier molecular flexibility index (Phi) is 9.23. The zero-order chi connectivity index (χ0) is 23.0. The summed E-state index contributed by atoms with van der Waals surface area (Å²) in [4.78, 5) is 2.65. The number of allylic oxidation sites excluding steroid dienone is 2. The predicted molar refractivity (Wildman–Crippen MR) is 137 cm³/mol. The number of fused-ring (bicyclic) bond motifs is 1. The maximum Gasteiger partial charge on any atom is 0.0761 e. The molecule has 182 valence electrons. The normalized spacial score (nSPS) is 28.9. The van der Waals surface area contributed by atoms with Gasteiger partial charge >= 0.3 is 0 Å². The number of hydrogen-bond acceptors (Lipinski definition) is 3. The molecule has 3 aliphatic rings. The highest BCUT2D eigenvalue weighted by Gasteiger charge is 2.43. The summed E-state index contributed by atoms with van der Waals surface area (Å²) < 4.78 is 0. The van der Waals surface area contributed by atoms with Crippen molar-refractivity contribution in [2.24, 2.45) is 17.8 Å². The van der Waals surface area contributed by atoms with Crippen LogP contribution >= 0.6 is 0 Å². The van der Waals surface area contributed by atoms with Crippen molar-refractivity contribution < 1.29 is 10.2 Å². The maximum absolute atomic E-state index is 10.6. The van der Waals surface area contributed by atoms with Crippen molar-refractivity contribution in [1.29, 1.82) is 0 Å². The third kappa shape index (κ3) is 7.28. The Morgan fingerprint density at radius 3 is 2.73 bits per heavy atom. The topological polar surface area (TPSA) is 43.7 Å². The summed E-state index contributed by atoms with van der Waals surface area (Å²) in [7, 11) is 0. The lowest BCUT2D eigenvalue weighted by Gasteiger charge is -2.26. The highest BCUT2D eigenvalue weighted by atomic mass is 16.3. The zero-order valence-corrected chi connectivity index (χ0v) is 20.7. The van der Waals surface area contributed by atoms with Gasteiger partial charge in [-0.15, -0.1) is 0 Å². The molecule has 2 fully saturated rings. The third-order valence-corrected chi connectivity index (χ3v) is 8.20.